The maximum atomic E-state index is 12.8. The summed E-state index contributed by atoms with van der Waals surface area (Å²) in [5.74, 6) is -0.880. The zero-order valence-corrected chi connectivity index (χ0v) is 11.4. The van der Waals surface area contributed by atoms with Crippen LogP contribution < -0.4 is 11.1 Å². The van der Waals surface area contributed by atoms with Crippen LogP contribution in [-0.4, -0.2) is 26.1 Å². The number of hydrogen-bond donors (Lipinski definition) is 2. The van der Waals surface area contributed by atoms with Gasteiger partial charge in [0.05, 0.1) is 0 Å². The van der Waals surface area contributed by atoms with Gasteiger partial charge in [0, 0.05) is 45.0 Å². The Morgan fingerprint density at radius 1 is 1.62 bits per heavy atom. The summed E-state index contributed by atoms with van der Waals surface area (Å²) in [5, 5.41) is 2.80. The molecule has 0 saturated heterocycles. The van der Waals surface area contributed by atoms with Crippen LogP contribution in [0.15, 0.2) is 48.0 Å². The molecular weight excluding hydrogens is 275 g/mol. The van der Waals surface area contributed by atoms with Gasteiger partial charge in [0.25, 0.3) is 5.91 Å². The first-order chi connectivity index (χ1) is 10.0. The first kappa shape index (κ1) is 14.5. The van der Waals surface area contributed by atoms with Gasteiger partial charge in [-0.2, -0.15) is 9.38 Å². The van der Waals surface area contributed by atoms with E-state index in [1.165, 1.54) is 24.5 Å². The van der Waals surface area contributed by atoms with Crippen LogP contribution in [-0.2, 0) is 18.4 Å². The van der Waals surface area contributed by atoms with Crippen LogP contribution in [0.2, 0.25) is 0 Å². The predicted molar refractivity (Wildman–Crippen MR) is 79.1 cm³/mol. The molecule has 2 aromatic heterocycles. The fraction of sp³-hybridized carbons (Fsp3) is 0.154. The summed E-state index contributed by atoms with van der Waals surface area (Å²) in [6.45, 7) is 0.129. The lowest BCUT2D eigenvalue weighted by atomic mass is 10.4. The van der Waals surface area contributed by atoms with Crippen molar-refractivity contribution < 1.29 is 10.6 Å². The van der Waals surface area contributed by atoms with Gasteiger partial charge in [-0.1, -0.05) is 0 Å². The van der Waals surface area contributed by atoms with Gasteiger partial charge in [-0.3, -0.25) is 14.2 Å². The lowest BCUT2D eigenvalue weighted by Crippen LogP contribution is -2.22. The summed E-state index contributed by atoms with van der Waals surface area (Å²) in [4.78, 5) is 18.8. The van der Waals surface area contributed by atoms with E-state index < -0.39 is 5.95 Å². The third kappa shape index (κ3) is 4.30. The van der Waals surface area contributed by atoms with Crippen LogP contribution in [0.5, 0.6) is 0 Å². The number of halogens is 1. The number of aromatic nitrogens is 3. The fourth-order valence-corrected chi connectivity index (χ4v) is 1.53. The highest BCUT2D eigenvalue weighted by Crippen LogP contribution is 2.06. The monoisotopic (exact) mass is 292 g/mol. The Hall–Kier alpha value is -2.90. The lowest BCUT2D eigenvalue weighted by Gasteiger charge is -2.14. The highest BCUT2D eigenvalue weighted by Gasteiger charge is 2.03. The summed E-state index contributed by atoms with van der Waals surface area (Å²) in [6, 6.07) is 2.83. The topological polar surface area (TPSA) is 90.2 Å². The van der Waals surface area contributed by atoms with Crippen molar-refractivity contribution in [1.82, 2.24) is 14.3 Å². The zero-order chi connectivity index (χ0) is 15.2. The average Bonchev–Trinajstić information content (AvgIpc) is 2.43. The van der Waals surface area contributed by atoms with E-state index in [9.17, 15) is 9.18 Å². The van der Waals surface area contributed by atoms with Crippen molar-refractivity contribution in [2.45, 2.75) is 6.54 Å². The minimum atomic E-state index is -0.586. The van der Waals surface area contributed by atoms with Crippen LogP contribution in [0.3, 0.4) is 0 Å². The van der Waals surface area contributed by atoms with Crippen LogP contribution in [0.1, 0.15) is 1.43 Å². The number of nitrogens with two attached hydrogens (primary N) is 1. The molecule has 0 atom stereocenters. The van der Waals surface area contributed by atoms with Gasteiger partial charge in [-0.05, 0) is 12.1 Å². The molecule has 2 heterocycles. The number of nitrogens with one attached hydrogen (secondary N) is 1. The van der Waals surface area contributed by atoms with Crippen molar-refractivity contribution in [3.05, 3.63) is 48.9 Å². The molecule has 1 amide bonds. The molecule has 0 aliphatic carbocycles. The number of amides is 1. The third-order valence-electron chi connectivity index (χ3n) is 2.64. The fourth-order valence-electron chi connectivity index (χ4n) is 1.53. The van der Waals surface area contributed by atoms with Crippen molar-refractivity contribution in [2.24, 2.45) is 17.8 Å². The number of hydrogen-bond acceptors (Lipinski definition) is 3. The Morgan fingerprint density at radius 3 is 3.05 bits per heavy atom. The minimum Gasteiger partial charge on any atom is -0.384 e. The molecule has 112 valence electrons. The summed E-state index contributed by atoms with van der Waals surface area (Å²) < 4.78 is 16.3. The highest BCUT2D eigenvalue weighted by molar-refractivity contribution is 6.00. The average molecular weight is 292 g/mol. The predicted octanol–water partition coefficient (Wildman–Crippen LogP) is 1.12. The number of rotatable bonds is 5. The van der Waals surface area contributed by atoms with E-state index in [2.05, 4.69) is 15.3 Å². The molecule has 2 rings (SSSR count). The summed E-state index contributed by atoms with van der Waals surface area (Å²) in [7, 11) is 1.82. The van der Waals surface area contributed by atoms with Gasteiger partial charge >= 0.3 is 0 Å². The molecule has 2 aromatic rings. The highest BCUT2D eigenvalue weighted by atomic mass is 19.1. The van der Waals surface area contributed by atoms with Crippen molar-refractivity contribution in [1.29, 1.82) is 0 Å². The van der Waals surface area contributed by atoms with E-state index in [0.29, 0.717) is 5.69 Å². The van der Waals surface area contributed by atoms with Gasteiger partial charge in [-0.15, -0.1) is 0 Å². The van der Waals surface area contributed by atoms with Crippen molar-refractivity contribution in [3.63, 3.8) is 0 Å². The van der Waals surface area contributed by atoms with Crippen LogP contribution >= 0.6 is 0 Å². The van der Waals surface area contributed by atoms with Gasteiger partial charge < -0.3 is 11.1 Å². The van der Waals surface area contributed by atoms with Gasteiger partial charge in [0.2, 0.25) is 5.95 Å². The van der Waals surface area contributed by atoms with Gasteiger partial charge in [-0.25, -0.2) is 4.98 Å². The van der Waals surface area contributed by atoms with E-state index in [1.54, 1.807) is 21.6 Å². The second-order valence-corrected chi connectivity index (χ2v) is 4.24. The number of aryl methyl sites for hydroxylation is 1. The number of amidine groups is 1. The molecule has 0 aliphatic heterocycles. The Bertz CT molecular complexity index is 690. The molecule has 0 bridgehead atoms. The van der Waals surface area contributed by atoms with Crippen LogP contribution in [0.4, 0.5) is 10.1 Å². The first-order valence-electron chi connectivity index (χ1n) is 6.14. The summed E-state index contributed by atoms with van der Waals surface area (Å²) in [5.41, 5.74) is 6.12. The van der Waals surface area contributed by atoms with E-state index in [-0.39, 0.29) is 19.7 Å². The molecule has 21 heavy (non-hydrogen) atoms. The smallest absolute Gasteiger partial charge is 0.269 e. The number of pyridine rings is 1. The standard InChI is InChI=1S/C13H15FN6O.H2/c1-19-6-7-20(19)9-13(21)18-12(15)3-5-16-10-2-4-17-11(14)8-10;/h2-8H,9H2,1H3,(H,16,17)(H2,15,18,21);1H/b5-3-;. The molecule has 7 nitrogen and oxygen atoms in total. The molecule has 3 N–H and O–H groups in total. The molecular formula is C13H17FN6O. The normalized spacial score (nSPS) is 12.0. The van der Waals surface area contributed by atoms with E-state index in [0.717, 1.165) is 0 Å². The van der Waals surface area contributed by atoms with Crippen LogP contribution in [0.25, 0.3) is 0 Å². The Labute approximate surface area is 122 Å². The van der Waals surface area contributed by atoms with Gasteiger partial charge in [0.1, 0.15) is 12.4 Å². The van der Waals surface area contributed by atoms with Gasteiger partial charge in [0.15, 0.2) is 0 Å². The first-order valence-corrected chi connectivity index (χ1v) is 6.14. The summed E-state index contributed by atoms with van der Waals surface area (Å²) >= 11 is 0. The van der Waals surface area contributed by atoms with E-state index in [4.69, 9.17) is 5.73 Å². The quantitative estimate of drug-likeness (QED) is 0.491. The number of aliphatic imine (C=N–C) groups is 1. The Balaban J connectivity index is 0.00000242. The minimum absolute atomic E-state index is 0. The van der Waals surface area contributed by atoms with E-state index >= 15 is 0 Å². The second kappa shape index (κ2) is 6.51. The molecule has 0 saturated carbocycles. The third-order valence-corrected chi connectivity index (χ3v) is 2.64. The number of carbonyl (C=O) groups is 1. The Morgan fingerprint density at radius 2 is 2.43 bits per heavy atom. The van der Waals surface area contributed by atoms with Crippen molar-refractivity contribution >= 4 is 17.4 Å². The van der Waals surface area contributed by atoms with Crippen molar-refractivity contribution in [3.8, 4) is 0 Å². The van der Waals surface area contributed by atoms with Crippen LogP contribution in [0, 0.1) is 5.95 Å². The molecule has 0 spiro atoms. The Kier molecular flexibility index (Phi) is 4.50. The number of carbonyl (C=O) groups excluding carboxylic acids is 1. The molecule has 0 radical (unpaired) electrons. The number of anilines is 1. The van der Waals surface area contributed by atoms with E-state index in [1.807, 2.05) is 13.2 Å². The zero-order valence-electron chi connectivity index (χ0n) is 11.4. The maximum absolute atomic E-state index is 12.8. The second-order valence-electron chi connectivity index (χ2n) is 4.24. The number of nitrogens with zero attached hydrogens (tertiary/aromatic N) is 4. The summed E-state index contributed by atoms with van der Waals surface area (Å²) in [6.07, 6.45) is 7.81. The molecule has 8 heteroatoms. The molecule has 0 aromatic carbocycles. The molecule has 0 unspecified atom stereocenters. The molecule has 0 fully saturated rings. The largest absolute Gasteiger partial charge is 0.384 e. The SMILES string of the molecule is Cn1ccn1CC(=O)N=C(N)/C=C\Nc1ccnc(F)c1.[HH]. The molecule has 0 aliphatic rings. The van der Waals surface area contributed by atoms with Crippen molar-refractivity contribution in [2.75, 3.05) is 5.32 Å². The maximum Gasteiger partial charge on any atom is 0.269 e. The lowest BCUT2D eigenvalue weighted by molar-refractivity contribution is -0.118.